The summed E-state index contributed by atoms with van der Waals surface area (Å²) in [6, 6.07) is -0.155. The van der Waals surface area contributed by atoms with Crippen molar-refractivity contribution < 1.29 is 9.13 Å². The van der Waals surface area contributed by atoms with Gasteiger partial charge in [-0.25, -0.2) is 4.39 Å². The van der Waals surface area contributed by atoms with Gasteiger partial charge in [-0.3, -0.25) is 0 Å². The molecule has 0 aromatic carbocycles. The Morgan fingerprint density at radius 1 is 1.67 bits per heavy atom. The molecule has 70 valence electrons. The van der Waals surface area contributed by atoms with Gasteiger partial charge in [0.2, 0.25) is 0 Å². The Morgan fingerprint density at radius 3 is 2.58 bits per heavy atom. The van der Waals surface area contributed by atoms with Gasteiger partial charge in [-0.1, -0.05) is 0 Å². The molecule has 0 amide bonds. The molecular weight excluding hydrogens is 157 g/mol. The Labute approximate surface area is 73.0 Å². The molecule has 0 spiro atoms. The highest BCUT2D eigenvalue weighted by molar-refractivity contribution is 5.01. The van der Waals surface area contributed by atoms with Crippen LogP contribution in [0.3, 0.4) is 0 Å². The molecule has 1 saturated heterocycles. The maximum Gasteiger partial charge on any atom is 0.182 e. The zero-order chi connectivity index (χ0) is 9.35. The second kappa shape index (κ2) is 2.96. The van der Waals surface area contributed by atoms with Gasteiger partial charge in [0.05, 0.1) is 6.04 Å². The van der Waals surface area contributed by atoms with Gasteiger partial charge in [0, 0.05) is 5.54 Å². The molecule has 0 bridgehead atoms. The zero-order valence-electron chi connectivity index (χ0n) is 7.93. The number of rotatable bonds is 1. The third-order valence-electron chi connectivity index (χ3n) is 1.98. The van der Waals surface area contributed by atoms with E-state index in [1.54, 1.807) is 0 Å². The molecule has 1 aliphatic heterocycles. The van der Waals surface area contributed by atoms with Crippen molar-refractivity contribution in [1.29, 1.82) is 0 Å². The molecule has 1 heterocycles. The largest absolute Gasteiger partial charge is 0.477 e. The molecule has 0 aromatic rings. The Balaban J connectivity index is 2.77. The SMILES string of the molecule is C=C1OCC(CF)N1C(C)(C)C. The molecule has 1 fully saturated rings. The average molecular weight is 173 g/mol. The van der Waals surface area contributed by atoms with Crippen molar-refractivity contribution in [1.82, 2.24) is 4.90 Å². The number of halogens is 1. The Kier molecular flexibility index (Phi) is 2.31. The molecule has 0 N–H and O–H groups in total. The minimum Gasteiger partial charge on any atom is -0.477 e. The van der Waals surface area contributed by atoms with Crippen LogP contribution in [0.1, 0.15) is 20.8 Å². The van der Waals surface area contributed by atoms with Crippen LogP contribution >= 0.6 is 0 Å². The van der Waals surface area contributed by atoms with Crippen molar-refractivity contribution in [2.45, 2.75) is 32.4 Å². The van der Waals surface area contributed by atoms with Crippen molar-refractivity contribution in [3.63, 3.8) is 0 Å². The van der Waals surface area contributed by atoms with E-state index in [1.807, 2.05) is 25.7 Å². The number of ether oxygens (including phenoxy) is 1. The van der Waals surface area contributed by atoms with E-state index in [-0.39, 0.29) is 18.3 Å². The van der Waals surface area contributed by atoms with Crippen molar-refractivity contribution in [2.24, 2.45) is 0 Å². The Morgan fingerprint density at radius 2 is 2.25 bits per heavy atom. The van der Waals surface area contributed by atoms with Crippen molar-refractivity contribution >= 4 is 0 Å². The summed E-state index contributed by atoms with van der Waals surface area (Å²) in [5.41, 5.74) is -0.107. The van der Waals surface area contributed by atoms with E-state index in [0.717, 1.165) is 0 Å². The fourth-order valence-electron chi connectivity index (χ4n) is 1.58. The first-order valence-corrected chi connectivity index (χ1v) is 4.14. The van der Waals surface area contributed by atoms with Gasteiger partial charge in [-0.2, -0.15) is 0 Å². The molecule has 0 radical (unpaired) electrons. The normalized spacial score (nSPS) is 24.5. The highest BCUT2D eigenvalue weighted by Gasteiger charge is 2.36. The van der Waals surface area contributed by atoms with Crippen LogP contribution in [0.2, 0.25) is 0 Å². The summed E-state index contributed by atoms with van der Waals surface area (Å²) in [6.45, 7) is 9.85. The quantitative estimate of drug-likeness (QED) is 0.600. The summed E-state index contributed by atoms with van der Waals surface area (Å²) in [7, 11) is 0. The standard InChI is InChI=1S/C9H16FNO/c1-7-11(9(2,3)4)8(5-10)6-12-7/h8H,1,5-6H2,2-4H3. The highest BCUT2D eigenvalue weighted by Crippen LogP contribution is 2.28. The monoisotopic (exact) mass is 173 g/mol. The van der Waals surface area contributed by atoms with E-state index >= 15 is 0 Å². The lowest BCUT2D eigenvalue weighted by atomic mass is 10.0. The lowest BCUT2D eigenvalue weighted by molar-refractivity contribution is 0.130. The molecule has 0 aromatic heterocycles. The summed E-state index contributed by atoms with van der Waals surface area (Å²) < 4.78 is 17.7. The van der Waals surface area contributed by atoms with Gasteiger partial charge in [-0.05, 0) is 27.4 Å². The van der Waals surface area contributed by atoms with E-state index in [2.05, 4.69) is 6.58 Å². The maximum atomic E-state index is 12.5. The zero-order valence-corrected chi connectivity index (χ0v) is 7.93. The van der Waals surface area contributed by atoms with Crippen molar-refractivity contribution in [2.75, 3.05) is 13.3 Å². The Bertz CT molecular complexity index is 185. The molecule has 1 atom stereocenters. The molecule has 0 aliphatic carbocycles. The van der Waals surface area contributed by atoms with Crippen LogP contribution in [0, 0.1) is 0 Å². The second-order valence-corrected chi connectivity index (χ2v) is 4.05. The first-order valence-electron chi connectivity index (χ1n) is 4.14. The summed E-state index contributed by atoms with van der Waals surface area (Å²) in [5.74, 6) is 0.588. The average Bonchev–Trinajstić information content (AvgIpc) is 2.29. The minimum atomic E-state index is -0.379. The van der Waals surface area contributed by atoms with Crippen LogP contribution in [0.25, 0.3) is 0 Å². The summed E-state index contributed by atoms with van der Waals surface area (Å²) in [6.07, 6.45) is 0. The lowest BCUT2D eigenvalue weighted by Gasteiger charge is -2.35. The predicted molar refractivity (Wildman–Crippen MR) is 46.4 cm³/mol. The Hall–Kier alpha value is -0.730. The van der Waals surface area contributed by atoms with Crippen LogP contribution < -0.4 is 0 Å². The molecular formula is C9H16FNO. The third kappa shape index (κ3) is 1.54. The van der Waals surface area contributed by atoms with E-state index in [9.17, 15) is 4.39 Å². The van der Waals surface area contributed by atoms with Gasteiger partial charge in [0.1, 0.15) is 13.3 Å². The number of hydrogen-bond donors (Lipinski definition) is 0. The van der Waals surface area contributed by atoms with Crippen LogP contribution in [0.4, 0.5) is 4.39 Å². The van der Waals surface area contributed by atoms with Crippen LogP contribution in [0.5, 0.6) is 0 Å². The van der Waals surface area contributed by atoms with Gasteiger partial charge in [0.25, 0.3) is 0 Å². The smallest absolute Gasteiger partial charge is 0.182 e. The van der Waals surface area contributed by atoms with Gasteiger partial charge < -0.3 is 9.64 Å². The summed E-state index contributed by atoms with van der Waals surface area (Å²) in [5, 5.41) is 0. The number of hydrogen-bond acceptors (Lipinski definition) is 2. The second-order valence-electron chi connectivity index (χ2n) is 4.05. The van der Waals surface area contributed by atoms with E-state index in [0.29, 0.717) is 12.5 Å². The van der Waals surface area contributed by atoms with E-state index in [4.69, 9.17) is 4.74 Å². The predicted octanol–water partition coefficient (Wildman–Crippen LogP) is 1.93. The molecule has 2 nitrogen and oxygen atoms in total. The first kappa shape index (κ1) is 9.36. The van der Waals surface area contributed by atoms with Crippen molar-refractivity contribution in [3.05, 3.63) is 12.5 Å². The molecule has 0 saturated carbocycles. The topological polar surface area (TPSA) is 12.5 Å². The maximum absolute atomic E-state index is 12.5. The molecule has 1 rings (SSSR count). The molecule has 1 aliphatic rings. The van der Waals surface area contributed by atoms with E-state index < -0.39 is 0 Å². The minimum absolute atomic E-state index is 0.107. The van der Waals surface area contributed by atoms with Crippen LogP contribution in [-0.4, -0.2) is 29.8 Å². The third-order valence-corrected chi connectivity index (χ3v) is 1.98. The van der Waals surface area contributed by atoms with E-state index in [1.165, 1.54) is 0 Å². The number of alkyl halides is 1. The highest BCUT2D eigenvalue weighted by atomic mass is 19.1. The lowest BCUT2D eigenvalue weighted by Crippen LogP contribution is -2.45. The first-order chi connectivity index (χ1) is 5.46. The van der Waals surface area contributed by atoms with Crippen LogP contribution in [0.15, 0.2) is 12.5 Å². The molecule has 3 heteroatoms. The number of nitrogens with zero attached hydrogens (tertiary/aromatic N) is 1. The van der Waals surface area contributed by atoms with Gasteiger partial charge in [0.15, 0.2) is 5.88 Å². The fourth-order valence-corrected chi connectivity index (χ4v) is 1.58. The van der Waals surface area contributed by atoms with Gasteiger partial charge in [-0.15, -0.1) is 0 Å². The van der Waals surface area contributed by atoms with Gasteiger partial charge >= 0.3 is 0 Å². The van der Waals surface area contributed by atoms with Crippen molar-refractivity contribution in [3.8, 4) is 0 Å². The summed E-state index contributed by atoms with van der Waals surface area (Å²) in [4.78, 5) is 1.90. The van der Waals surface area contributed by atoms with Crippen LogP contribution in [-0.2, 0) is 4.74 Å². The molecule has 12 heavy (non-hydrogen) atoms. The fraction of sp³-hybridized carbons (Fsp3) is 0.778. The molecule has 1 unspecified atom stereocenters. The summed E-state index contributed by atoms with van der Waals surface area (Å²) >= 11 is 0.